The van der Waals surface area contributed by atoms with Gasteiger partial charge in [0.1, 0.15) is 0 Å². The maximum absolute atomic E-state index is 11.2. The van der Waals surface area contributed by atoms with Gasteiger partial charge in [0, 0.05) is 6.42 Å². The molecule has 0 amide bonds. The van der Waals surface area contributed by atoms with E-state index in [-0.39, 0.29) is 0 Å². The lowest BCUT2D eigenvalue weighted by Gasteiger charge is -1.96. The van der Waals surface area contributed by atoms with Crippen LogP contribution >= 0.6 is 22.6 Å². The van der Waals surface area contributed by atoms with Gasteiger partial charge in [-0.05, 0) is 48.8 Å². The monoisotopic (exact) mass is 250 g/mol. The minimum Gasteiger partial charge on any atom is -0.294 e. The summed E-state index contributed by atoms with van der Waals surface area (Å²) in [6.45, 7) is 2.06. The normalized spacial score (nSPS) is 21.2. The van der Waals surface area contributed by atoms with E-state index in [0.717, 1.165) is 22.8 Å². The van der Waals surface area contributed by atoms with Gasteiger partial charge in [0.05, 0.1) is 3.58 Å². The number of carbonyl (C=O) groups is 1. The molecule has 0 radical (unpaired) electrons. The number of rotatable bonds is 0. The molecule has 0 N–H and O–H groups in total. The van der Waals surface area contributed by atoms with Gasteiger partial charge in [-0.15, -0.1) is 0 Å². The van der Waals surface area contributed by atoms with Crippen LogP contribution in [0.1, 0.15) is 32.6 Å². The Bertz CT molecular complexity index is 182. The van der Waals surface area contributed by atoms with E-state index in [1.54, 1.807) is 0 Å². The van der Waals surface area contributed by atoms with Crippen LogP contribution in [0.4, 0.5) is 0 Å². The molecule has 0 bridgehead atoms. The molecule has 0 aliphatic heterocycles. The largest absolute Gasteiger partial charge is 0.294 e. The molecule has 0 atom stereocenters. The van der Waals surface area contributed by atoms with E-state index in [9.17, 15) is 4.79 Å². The Morgan fingerprint density at radius 1 is 1.30 bits per heavy atom. The number of halogens is 1. The van der Waals surface area contributed by atoms with Crippen molar-refractivity contribution in [1.82, 2.24) is 0 Å². The number of Topliss-reactive ketones (excluding diaryl/α,β-unsaturated/α-hetero) is 1. The van der Waals surface area contributed by atoms with Gasteiger partial charge in [-0.25, -0.2) is 0 Å². The van der Waals surface area contributed by atoms with Crippen molar-refractivity contribution >= 4 is 28.4 Å². The molecule has 1 aliphatic carbocycles. The molecular formula is C8H11IO. The van der Waals surface area contributed by atoms with Crippen LogP contribution < -0.4 is 0 Å². The molecule has 0 aromatic carbocycles. The fourth-order valence-corrected chi connectivity index (χ4v) is 1.67. The summed E-state index contributed by atoms with van der Waals surface area (Å²) in [7, 11) is 0. The third-order valence-electron chi connectivity index (χ3n) is 1.83. The zero-order valence-corrected chi connectivity index (χ0v) is 8.27. The summed E-state index contributed by atoms with van der Waals surface area (Å²) in [6, 6.07) is 0. The van der Waals surface area contributed by atoms with Gasteiger partial charge in [-0.3, -0.25) is 4.79 Å². The van der Waals surface area contributed by atoms with Crippen molar-refractivity contribution in [3.63, 3.8) is 0 Å². The standard InChI is InChI=1S/C8H11IO/c1-6-4-2-3-5-7(10)8(6)9/h2-5H2,1H3. The summed E-state index contributed by atoms with van der Waals surface area (Å²) < 4.78 is 0.982. The molecule has 0 aromatic rings. The Morgan fingerprint density at radius 3 is 2.60 bits per heavy atom. The SMILES string of the molecule is CC1=C(I)C(=O)CCCC1. The zero-order valence-electron chi connectivity index (χ0n) is 6.11. The molecule has 10 heavy (non-hydrogen) atoms. The molecule has 1 nitrogen and oxygen atoms in total. The maximum atomic E-state index is 11.2. The van der Waals surface area contributed by atoms with Crippen molar-refractivity contribution in [1.29, 1.82) is 0 Å². The molecule has 56 valence electrons. The van der Waals surface area contributed by atoms with Gasteiger partial charge in [-0.1, -0.05) is 5.57 Å². The highest BCUT2D eigenvalue weighted by molar-refractivity contribution is 14.1. The fraction of sp³-hybridized carbons (Fsp3) is 0.625. The predicted molar refractivity (Wildman–Crippen MR) is 50.2 cm³/mol. The van der Waals surface area contributed by atoms with Crippen molar-refractivity contribution < 1.29 is 4.79 Å². The first kappa shape index (κ1) is 8.24. The maximum Gasteiger partial charge on any atom is 0.168 e. The van der Waals surface area contributed by atoms with Gasteiger partial charge >= 0.3 is 0 Å². The molecule has 1 rings (SSSR count). The lowest BCUT2D eigenvalue weighted by atomic mass is 10.2. The van der Waals surface area contributed by atoms with Crippen LogP contribution in [0.5, 0.6) is 0 Å². The molecule has 0 saturated heterocycles. The molecule has 0 unspecified atom stereocenters. The lowest BCUT2D eigenvalue weighted by Crippen LogP contribution is -1.95. The second kappa shape index (κ2) is 3.51. The summed E-state index contributed by atoms with van der Waals surface area (Å²) in [5.41, 5.74) is 1.28. The second-order valence-electron chi connectivity index (χ2n) is 2.72. The smallest absolute Gasteiger partial charge is 0.168 e. The molecule has 0 fully saturated rings. The van der Waals surface area contributed by atoms with Crippen LogP contribution in [-0.2, 0) is 4.79 Å². The van der Waals surface area contributed by atoms with E-state index < -0.39 is 0 Å². The van der Waals surface area contributed by atoms with Gasteiger partial charge in [0.25, 0.3) is 0 Å². The van der Waals surface area contributed by atoms with E-state index in [4.69, 9.17) is 0 Å². The molecule has 0 aromatic heterocycles. The Morgan fingerprint density at radius 2 is 1.90 bits per heavy atom. The van der Waals surface area contributed by atoms with Crippen LogP contribution in [-0.4, -0.2) is 5.78 Å². The summed E-state index contributed by atoms with van der Waals surface area (Å²) in [5.74, 6) is 0.343. The topological polar surface area (TPSA) is 17.1 Å². The number of carbonyl (C=O) groups excluding carboxylic acids is 1. The van der Waals surface area contributed by atoms with Crippen molar-refractivity contribution in [3.05, 3.63) is 9.15 Å². The van der Waals surface area contributed by atoms with E-state index in [1.165, 1.54) is 12.0 Å². The molecule has 2 heteroatoms. The number of ketones is 1. The molecular weight excluding hydrogens is 239 g/mol. The summed E-state index contributed by atoms with van der Waals surface area (Å²) in [5, 5.41) is 0. The Labute approximate surface area is 75.0 Å². The molecule has 0 heterocycles. The Kier molecular flexibility index (Phi) is 2.89. The zero-order chi connectivity index (χ0) is 7.56. The first-order valence-corrected chi connectivity index (χ1v) is 4.68. The first-order valence-electron chi connectivity index (χ1n) is 3.60. The Hall–Kier alpha value is 0.140. The highest BCUT2D eigenvalue weighted by Gasteiger charge is 2.12. The van der Waals surface area contributed by atoms with Crippen molar-refractivity contribution in [2.24, 2.45) is 0 Å². The van der Waals surface area contributed by atoms with E-state index >= 15 is 0 Å². The van der Waals surface area contributed by atoms with Crippen molar-refractivity contribution in [2.75, 3.05) is 0 Å². The fourth-order valence-electron chi connectivity index (χ4n) is 1.13. The minimum absolute atomic E-state index is 0.343. The quantitative estimate of drug-likeness (QED) is 0.604. The van der Waals surface area contributed by atoms with Crippen LogP contribution in [0, 0.1) is 0 Å². The van der Waals surface area contributed by atoms with Gasteiger partial charge < -0.3 is 0 Å². The highest BCUT2D eigenvalue weighted by atomic mass is 127. The number of allylic oxidation sites excluding steroid dienone is 2. The van der Waals surface area contributed by atoms with Crippen LogP contribution in [0.25, 0.3) is 0 Å². The number of hydrogen-bond acceptors (Lipinski definition) is 1. The minimum atomic E-state index is 0.343. The van der Waals surface area contributed by atoms with Gasteiger partial charge in [0.2, 0.25) is 0 Å². The Balaban J connectivity index is 2.79. The third-order valence-corrected chi connectivity index (χ3v) is 3.35. The second-order valence-corrected chi connectivity index (χ2v) is 3.80. The van der Waals surface area contributed by atoms with Crippen molar-refractivity contribution in [3.8, 4) is 0 Å². The van der Waals surface area contributed by atoms with Crippen LogP contribution in [0.2, 0.25) is 0 Å². The number of hydrogen-bond donors (Lipinski definition) is 0. The lowest BCUT2D eigenvalue weighted by molar-refractivity contribution is -0.114. The van der Waals surface area contributed by atoms with Crippen molar-refractivity contribution in [2.45, 2.75) is 32.6 Å². The molecule has 0 saturated carbocycles. The van der Waals surface area contributed by atoms with E-state index in [1.807, 2.05) is 0 Å². The average molecular weight is 250 g/mol. The first-order chi connectivity index (χ1) is 4.72. The van der Waals surface area contributed by atoms with Gasteiger partial charge in [-0.2, -0.15) is 0 Å². The molecule has 1 aliphatic rings. The average Bonchev–Trinajstić information content (AvgIpc) is 2.04. The third kappa shape index (κ3) is 1.81. The van der Waals surface area contributed by atoms with E-state index in [2.05, 4.69) is 29.5 Å². The predicted octanol–water partition coefficient (Wildman–Crippen LogP) is 2.84. The summed E-state index contributed by atoms with van der Waals surface area (Å²) in [4.78, 5) is 11.2. The van der Waals surface area contributed by atoms with E-state index in [0.29, 0.717) is 5.78 Å². The highest BCUT2D eigenvalue weighted by Crippen LogP contribution is 2.24. The summed E-state index contributed by atoms with van der Waals surface area (Å²) >= 11 is 2.16. The van der Waals surface area contributed by atoms with Gasteiger partial charge in [0.15, 0.2) is 5.78 Å². The molecule has 0 spiro atoms. The summed E-state index contributed by atoms with van der Waals surface area (Å²) in [6.07, 6.45) is 4.13. The van der Waals surface area contributed by atoms with Crippen LogP contribution in [0.3, 0.4) is 0 Å². The van der Waals surface area contributed by atoms with Crippen LogP contribution in [0.15, 0.2) is 9.15 Å².